The number of nitro benzene ring substituents is 1. The highest BCUT2D eigenvalue weighted by Gasteiger charge is 2.09. The summed E-state index contributed by atoms with van der Waals surface area (Å²) in [4.78, 5) is 20.9. The summed E-state index contributed by atoms with van der Waals surface area (Å²) >= 11 is 0. The minimum Gasteiger partial charge on any atom is -0.466 e. The summed E-state index contributed by atoms with van der Waals surface area (Å²) in [6.07, 6.45) is 0.751. The average molecular weight is 270 g/mol. The Kier molecular flexibility index (Phi) is 5.72. The Labute approximate surface area is 109 Å². The maximum absolute atomic E-state index is 13.1. The number of halogens is 1. The van der Waals surface area contributed by atoms with Crippen LogP contribution in [0.15, 0.2) is 18.2 Å². The number of hydrogen-bond acceptors (Lipinski definition) is 5. The van der Waals surface area contributed by atoms with Crippen molar-refractivity contribution in [3.05, 3.63) is 34.1 Å². The van der Waals surface area contributed by atoms with Crippen LogP contribution < -0.4 is 5.32 Å². The number of anilines is 1. The fraction of sp³-hybridized carbons (Fsp3) is 0.417. The quantitative estimate of drug-likeness (QED) is 0.356. The molecule has 0 bridgehead atoms. The van der Waals surface area contributed by atoms with Crippen molar-refractivity contribution < 1.29 is 18.8 Å². The van der Waals surface area contributed by atoms with E-state index in [2.05, 4.69) is 5.32 Å². The van der Waals surface area contributed by atoms with E-state index < -0.39 is 10.7 Å². The van der Waals surface area contributed by atoms with E-state index >= 15 is 0 Å². The summed E-state index contributed by atoms with van der Waals surface area (Å²) in [5.74, 6) is -0.975. The molecule has 1 rings (SSSR count). The van der Waals surface area contributed by atoms with Crippen molar-refractivity contribution in [1.82, 2.24) is 0 Å². The summed E-state index contributed by atoms with van der Waals surface area (Å²) in [5.41, 5.74) is 0.00320. The number of non-ortho nitro benzene ring substituents is 1. The lowest BCUT2D eigenvalue weighted by atomic mass is 10.2. The number of carbonyl (C=O) groups is 1. The largest absolute Gasteiger partial charge is 0.466 e. The van der Waals surface area contributed by atoms with E-state index in [4.69, 9.17) is 4.74 Å². The van der Waals surface area contributed by atoms with E-state index in [1.807, 2.05) is 0 Å². The summed E-state index contributed by atoms with van der Waals surface area (Å²) in [6.45, 7) is 2.46. The van der Waals surface area contributed by atoms with Crippen molar-refractivity contribution in [2.75, 3.05) is 18.5 Å². The topological polar surface area (TPSA) is 81.5 Å². The number of benzene rings is 1. The Morgan fingerprint density at radius 3 is 2.84 bits per heavy atom. The third kappa shape index (κ3) is 5.33. The molecule has 6 nitrogen and oxygen atoms in total. The molecule has 1 aromatic carbocycles. The van der Waals surface area contributed by atoms with Gasteiger partial charge in [0.25, 0.3) is 5.69 Å². The third-order valence-corrected chi connectivity index (χ3v) is 2.29. The Morgan fingerprint density at radius 1 is 1.47 bits per heavy atom. The predicted octanol–water partition coefficient (Wildman–Crippen LogP) is 2.49. The number of carbonyl (C=O) groups excluding carboxylic acids is 1. The highest BCUT2D eigenvalue weighted by Crippen LogP contribution is 2.19. The molecule has 0 saturated heterocycles. The lowest BCUT2D eigenvalue weighted by molar-refractivity contribution is -0.385. The molecule has 1 aromatic rings. The molecule has 0 spiro atoms. The van der Waals surface area contributed by atoms with Gasteiger partial charge in [0.05, 0.1) is 17.6 Å². The molecule has 0 heterocycles. The van der Waals surface area contributed by atoms with E-state index in [1.54, 1.807) is 6.92 Å². The van der Waals surface area contributed by atoms with E-state index in [9.17, 15) is 19.3 Å². The highest BCUT2D eigenvalue weighted by molar-refractivity contribution is 5.69. The molecule has 7 heteroatoms. The molecule has 19 heavy (non-hydrogen) atoms. The Balaban J connectivity index is 2.45. The van der Waals surface area contributed by atoms with E-state index in [0.717, 1.165) is 12.1 Å². The zero-order chi connectivity index (χ0) is 14.3. The van der Waals surface area contributed by atoms with Crippen molar-refractivity contribution in [2.24, 2.45) is 0 Å². The first-order valence-electron chi connectivity index (χ1n) is 5.87. The molecule has 0 aliphatic rings. The molecule has 0 radical (unpaired) electrons. The number of hydrogen-bond donors (Lipinski definition) is 1. The second-order valence-corrected chi connectivity index (χ2v) is 3.79. The Morgan fingerprint density at radius 2 is 2.21 bits per heavy atom. The smallest absolute Gasteiger partial charge is 0.305 e. The minimum absolute atomic E-state index is 0.248. The maximum atomic E-state index is 13.1. The molecule has 0 amide bonds. The van der Waals surface area contributed by atoms with Crippen LogP contribution in [0.5, 0.6) is 0 Å². The van der Waals surface area contributed by atoms with Gasteiger partial charge in [-0.3, -0.25) is 14.9 Å². The van der Waals surface area contributed by atoms with Gasteiger partial charge >= 0.3 is 5.97 Å². The number of ether oxygens (including phenoxy) is 1. The number of nitro groups is 1. The van der Waals surface area contributed by atoms with Crippen molar-refractivity contribution in [1.29, 1.82) is 0 Å². The van der Waals surface area contributed by atoms with Crippen molar-refractivity contribution in [3.63, 3.8) is 0 Å². The number of esters is 1. The number of rotatable bonds is 7. The van der Waals surface area contributed by atoms with Gasteiger partial charge in [-0.2, -0.15) is 0 Å². The third-order valence-electron chi connectivity index (χ3n) is 2.29. The van der Waals surface area contributed by atoms with Crippen molar-refractivity contribution >= 4 is 17.3 Å². The molecule has 0 aliphatic heterocycles. The summed E-state index contributed by atoms with van der Waals surface area (Å²) in [5, 5.41) is 13.4. The van der Waals surface area contributed by atoms with Gasteiger partial charge in [0, 0.05) is 24.7 Å². The maximum Gasteiger partial charge on any atom is 0.305 e. The van der Waals surface area contributed by atoms with Crippen LogP contribution in [0.25, 0.3) is 0 Å². The summed E-state index contributed by atoms with van der Waals surface area (Å²) < 4.78 is 17.9. The lowest BCUT2D eigenvalue weighted by Gasteiger charge is -2.06. The normalized spacial score (nSPS) is 10.0. The van der Waals surface area contributed by atoms with Crippen LogP contribution in [0.2, 0.25) is 0 Å². The van der Waals surface area contributed by atoms with Gasteiger partial charge in [-0.25, -0.2) is 4.39 Å². The van der Waals surface area contributed by atoms with Gasteiger partial charge in [0.15, 0.2) is 0 Å². The molecular formula is C12H15FN2O4. The van der Waals surface area contributed by atoms with Gasteiger partial charge in [0.1, 0.15) is 5.82 Å². The minimum atomic E-state index is -0.679. The Hall–Kier alpha value is -2.18. The fourth-order valence-electron chi connectivity index (χ4n) is 1.48. The van der Waals surface area contributed by atoms with Crippen LogP contribution in [0, 0.1) is 15.9 Å². The van der Waals surface area contributed by atoms with Crippen molar-refractivity contribution in [2.45, 2.75) is 19.8 Å². The number of nitrogens with zero attached hydrogens (tertiary/aromatic N) is 1. The fourth-order valence-corrected chi connectivity index (χ4v) is 1.48. The molecule has 0 aliphatic carbocycles. The molecule has 0 unspecified atom stereocenters. The first-order valence-corrected chi connectivity index (χ1v) is 5.87. The van der Waals surface area contributed by atoms with Crippen LogP contribution in [-0.2, 0) is 9.53 Å². The second-order valence-electron chi connectivity index (χ2n) is 3.79. The van der Waals surface area contributed by atoms with Crippen LogP contribution in [0.3, 0.4) is 0 Å². The van der Waals surface area contributed by atoms with Gasteiger partial charge in [0.2, 0.25) is 0 Å². The second kappa shape index (κ2) is 7.30. The number of nitrogens with one attached hydrogen (secondary N) is 1. The van der Waals surface area contributed by atoms with Crippen LogP contribution >= 0.6 is 0 Å². The lowest BCUT2D eigenvalue weighted by Crippen LogP contribution is -2.08. The van der Waals surface area contributed by atoms with Crippen LogP contribution in [0.1, 0.15) is 19.8 Å². The molecule has 104 valence electrons. The standard InChI is InChI=1S/C12H15FN2O4/c1-2-19-12(16)4-3-5-14-10-6-9(13)7-11(8-10)15(17)18/h6-8,14H,2-5H2,1H3. The van der Waals surface area contributed by atoms with Gasteiger partial charge < -0.3 is 10.1 Å². The highest BCUT2D eigenvalue weighted by atomic mass is 19.1. The first-order chi connectivity index (χ1) is 9.02. The molecule has 0 atom stereocenters. The molecule has 0 saturated carbocycles. The zero-order valence-corrected chi connectivity index (χ0v) is 10.5. The van der Waals surface area contributed by atoms with E-state index in [0.29, 0.717) is 25.3 Å². The van der Waals surface area contributed by atoms with Gasteiger partial charge in [-0.15, -0.1) is 0 Å². The van der Waals surface area contributed by atoms with Gasteiger partial charge in [-0.05, 0) is 19.4 Å². The Bertz CT molecular complexity index is 465. The van der Waals surface area contributed by atoms with Crippen LogP contribution in [0.4, 0.5) is 15.8 Å². The van der Waals surface area contributed by atoms with Gasteiger partial charge in [-0.1, -0.05) is 0 Å². The van der Waals surface area contributed by atoms with Crippen LogP contribution in [-0.4, -0.2) is 24.0 Å². The summed E-state index contributed by atoms with van der Waals surface area (Å²) in [7, 11) is 0. The predicted molar refractivity (Wildman–Crippen MR) is 67.4 cm³/mol. The molecule has 1 N–H and O–H groups in total. The monoisotopic (exact) mass is 270 g/mol. The average Bonchev–Trinajstić information content (AvgIpc) is 2.34. The van der Waals surface area contributed by atoms with Crippen molar-refractivity contribution in [3.8, 4) is 0 Å². The van der Waals surface area contributed by atoms with E-state index in [-0.39, 0.29) is 18.1 Å². The first kappa shape index (κ1) is 14.9. The molecule has 0 aromatic heterocycles. The molecular weight excluding hydrogens is 255 g/mol. The molecule has 0 fully saturated rings. The van der Waals surface area contributed by atoms with E-state index in [1.165, 1.54) is 6.07 Å². The zero-order valence-electron chi connectivity index (χ0n) is 10.5. The summed E-state index contributed by atoms with van der Waals surface area (Å²) in [6, 6.07) is 3.26. The SMILES string of the molecule is CCOC(=O)CCCNc1cc(F)cc([N+](=O)[O-])c1.